The van der Waals surface area contributed by atoms with Crippen molar-refractivity contribution >= 4 is 23.4 Å². The molecule has 104 valence electrons. The van der Waals surface area contributed by atoms with Gasteiger partial charge in [-0.25, -0.2) is 0 Å². The fraction of sp³-hybridized carbons (Fsp3) is 0.533. The highest BCUT2D eigenvalue weighted by molar-refractivity contribution is 7.98. The van der Waals surface area contributed by atoms with Gasteiger partial charge in [0.2, 0.25) is 0 Å². The molecule has 2 nitrogen and oxygen atoms in total. The van der Waals surface area contributed by atoms with Gasteiger partial charge < -0.3 is 5.32 Å². The van der Waals surface area contributed by atoms with E-state index in [0.717, 1.165) is 35.8 Å². The van der Waals surface area contributed by atoms with Crippen LogP contribution in [0.3, 0.4) is 0 Å². The highest BCUT2D eigenvalue weighted by atomic mass is 35.5. The van der Waals surface area contributed by atoms with E-state index in [1.165, 1.54) is 5.56 Å². The first kappa shape index (κ1) is 16.4. The highest BCUT2D eigenvalue weighted by Crippen LogP contribution is 2.22. The molecule has 0 amide bonds. The molecular formula is C15H21ClN2S. The fourth-order valence-corrected chi connectivity index (χ4v) is 3.02. The minimum absolute atomic E-state index is 0.382. The molecule has 0 aliphatic rings. The van der Waals surface area contributed by atoms with Crippen LogP contribution in [0.2, 0.25) is 5.02 Å². The van der Waals surface area contributed by atoms with E-state index < -0.39 is 0 Å². The second kappa shape index (κ2) is 8.47. The Kier molecular flexibility index (Phi) is 7.30. The molecule has 1 rings (SSSR count). The molecule has 1 aromatic carbocycles. The molecule has 1 N–H and O–H groups in total. The highest BCUT2D eigenvalue weighted by Gasteiger charge is 2.19. The van der Waals surface area contributed by atoms with Crippen LogP contribution in [0.15, 0.2) is 24.3 Å². The summed E-state index contributed by atoms with van der Waals surface area (Å²) in [6.07, 6.45) is 3.10. The van der Waals surface area contributed by atoms with Crippen LogP contribution >= 0.6 is 23.4 Å². The summed E-state index contributed by atoms with van der Waals surface area (Å²) in [6, 6.07) is 10.3. The van der Waals surface area contributed by atoms with Crippen molar-refractivity contribution in [3.8, 4) is 6.07 Å². The van der Waals surface area contributed by atoms with Crippen LogP contribution in [0.5, 0.6) is 0 Å². The molecule has 0 bridgehead atoms. The number of nitrogens with zero attached hydrogens (tertiary/aromatic N) is 1. The van der Waals surface area contributed by atoms with Gasteiger partial charge in [0.1, 0.15) is 5.54 Å². The summed E-state index contributed by atoms with van der Waals surface area (Å²) < 4.78 is 0. The van der Waals surface area contributed by atoms with Gasteiger partial charge in [0, 0.05) is 10.8 Å². The summed E-state index contributed by atoms with van der Waals surface area (Å²) in [5.74, 6) is 2.07. The van der Waals surface area contributed by atoms with Crippen molar-refractivity contribution in [3.63, 3.8) is 0 Å². The molecule has 0 radical (unpaired) electrons. The van der Waals surface area contributed by atoms with Crippen molar-refractivity contribution in [1.29, 1.82) is 5.26 Å². The minimum atomic E-state index is -0.382. The first-order chi connectivity index (χ1) is 9.11. The third-order valence-electron chi connectivity index (χ3n) is 3.23. The van der Waals surface area contributed by atoms with Crippen molar-refractivity contribution in [1.82, 2.24) is 5.32 Å². The number of rotatable bonds is 8. The molecule has 0 saturated carbocycles. The monoisotopic (exact) mass is 296 g/mol. The summed E-state index contributed by atoms with van der Waals surface area (Å²) >= 11 is 8.00. The summed E-state index contributed by atoms with van der Waals surface area (Å²) in [4.78, 5) is 0. The van der Waals surface area contributed by atoms with Crippen molar-refractivity contribution in [2.75, 3.05) is 12.8 Å². The zero-order chi connectivity index (χ0) is 14.1. The topological polar surface area (TPSA) is 35.8 Å². The largest absolute Gasteiger partial charge is 0.303 e. The normalized spacial score (nSPS) is 13.8. The van der Waals surface area contributed by atoms with Crippen LogP contribution in [0, 0.1) is 11.3 Å². The number of nitriles is 1. The van der Waals surface area contributed by atoms with Gasteiger partial charge >= 0.3 is 0 Å². The zero-order valence-electron chi connectivity index (χ0n) is 11.6. The van der Waals surface area contributed by atoms with E-state index in [-0.39, 0.29) is 5.54 Å². The third-order valence-corrected chi connectivity index (χ3v) is 4.69. The number of hydrogen-bond donors (Lipinski definition) is 1. The van der Waals surface area contributed by atoms with Gasteiger partial charge in [-0.05, 0) is 50.6 Å². The van der Waals surface area contributed by atoms with Crippen LogP contribution in [0.25, 0.3) is 0 Å². The van der Waals surface area contributed by atoms with E-state index in [9.17, 15) is 0 Å². The molecule has 19 heavy (non-hydrogen) atoms. The maximum absolute atomic E-state index is 9.03. The lowest BCUT2D eigenvalue weighted by Gasteiger charge is -2.20. The number of thioether (sulfide) groups is 1. The Labute approximate surface area is 125 Å². The van der Waals surface area contributed by atoms with Gasteiger partial charge in [-0.3, -0.25) is 0 Å². The maximum atomic E-state index is 9.03. The van der Waals surface area contributed by atoms with Gasteiger partial charge in [-0.1, -0.05) is 29.8 Å². The van der Waals surface area contributed by atoms with Gasteiger partial charge in [-0.2, -0.15) is 17.0 Å². The molecule has 1 aromatic rings. The predicted octanol–water partition coefficient (Wildman–Crippen LogP) is 4.25. The summed E-state index contributed by atoms with van der Waals surface area (Å²) in [7, 11) is 1.84. The SMILES string of the molecule is CNC(C)(C#N)CCCCSCc1ccccc1Cl. The van der Waals surface area contributed by atoms with Crippen molar-refractivity contribution in [3.05, 3.63) is 34.9 Å². The molecule has 0 aliphatic carbocycles. The molecule has 0 spiro atoms. The van der Waals surface area contributed by atoms with Crippen LogP contribution in [0.1, 0.15) is 31.7 Å². The second-order valence-electron chi connectivity index (χ2n) is 4.80. The maximum Gasteiger partial charge on any atom is 0.103 e. The molecule has 0 fully saturated rings. The fourth-order valence-electron chi connectivity index (χ4n) is 1.72. The lowest BCUT2D eigenvalue weighted by Crippen LogP contribution is -2.37. The average molecular weight is 297 g/mol. The van der Waals surface area contributed by atoms with Crippen molar-refractivity contribution < 1.29 is 0 Å². The average Bonchev–Trinajstić information content (AvgIpc) is 2.44. The Morgan fingerprint density at radius 2 is 2.11 bits per heavy atom. The summed E-state index contributed by atoms with van der Waals surface area (Å²) in [5, 5.41) is 13.0. The Morgan fingerprint density at radius 1 is 1.37 bits per heavy atom. The van der Waals surface area contributed by atoms with Crippen LogP contribution in [0.4, 0.5) is 0 Å². The first-order valence-electron chi connectivity index (χ1n) is 6.52. The third kappa shape index (κ3) is 5.86. The number of unbranched alkanes of at least 4 members (excludes halogenated alkanes) is 1. The molecule has 1 atom stereocenters. The van der Waals surface area contributed by atoms with Crippen molar-refractivity contribution in [2.45, 2.75) is 37.5 Å². The summed E-state index contributed by atoms with van der Waals surface area (Å²) in [6.45, 7) is 1.95. The minimum Gasteiger partial charge on any atom is -0.303 e. The van der Waals surface area contributed by atoms with Crippen LogP contribution in [-0.4, -0.2) is 18.3 Å². The number of halogens is 1. The standard InChI is InChI=1S/C15H21ClN2S/c1-15(12-17,18-2)9-5-6-10-19-11-13-7-3-4-8-14(13)16/h3-4,7-8,18H,5-6,9-11H2,1-2H3. The predicted molar refractivity (Wildman–Crippen MR) is 84.5 cm³/mol. The van der Waals surface area contributed by atoms with Crippen LogP contribution < -0.4 is 5.32 Å². The first-order valence-corrected chi connectivity index (χ1v) is 8.06. The number of benzene rings is 1. The quantitative estimate of drug-likeness (QED) is 0.729. The number of nitrogens with one attached hydrogen (secondary N) is 1. The molecule has 1 unspecified atom stereocenters. The Balaban J connectivity index is 2.16. The van der Waals surface area contributed by atoms with Gasteiger partial charge in [0.15, 0.2) is 0 Å². The lowest BCUT2D eigenvalue weighted by molar-refractivity contribution is 0.439. The van der Waals surface area contributed by atoms with E-state index in [0.29, 0.717) is 0 Å². The smallest absolute Gasteiger partial charge is 0.103 e. The molecular weight excluding hydrogens is 276 g/mol. The zero-order valence-corrected chi connectivity index (χ0v) is 13.2. The Bertz CT molecular complexity index is 430. The van der Waals surface area contributed by atoms with E-state index in [4.69, 9.17) is 16.9 Å². The molecule has 0 aromatic heterocycles. The van der Waals surface area contributed by atoms with Gasteiger partial charge in [0.05, 0.1) is 6.07 Å². The number of hydrogen-bond acceptors (Lipinski definition) is 3. The molecule has 0 saturated heterocycles. The van der Waals surface area contributed by atoms with E-state index in [2.05, 4.69) is 17.5 Å². The molecule has 0 heterocycles. The van der Waals surface area contributed by atoms with Gasteiger partial charge in [-0.15, -0.1) is 0 Å². The summed E-state index contributed by atoms with van der Waals surface area (Å²) in [5.41, 5.74) is 0.819. The van der Waals surface area contributed by atoms with Gasteiger partial charge in [0.25, 0.3) is 0 Å². The van der Waals surface area contributed by atoms with Crippen LogP contribution in [-0.2, 0) is 5.75 Å². The molecule has 0 aliphatic heterocycles. The van der Waals surface area contributed by atoms with E-state index >= 15 is 0 Å². The molecule has 4 heteroatoms. The Hall–Kier alpha value is -0.690. The van der Waals surface area contributed by atoms with E-state index in [1.807, 2.05) is 43.9 Å². The Morgan fingerprint density at radius 3 is 2.74 bits per heavy atom. The van der Waals surface area contributed by atoms with E-state index in [1.54, 1.807) is 0 Å². The second-order valence-corrected chi connectivity index (χ2v) is 6.31. The lowest BCUT2D eigenvalue weighted by atomic mass is 9.97. The van der Waals surface area contributed by atoms with Crippen molar-refractivity contribution in [2.24, 2.45) is 0 Å².